The van der Waals surface area contributed by atoms with Crippen LogP contribution in [0.3, 0.4) is 0 Å². The summed E-state index contributed by atoms with van der Waals surface area (Å²) in [5, 5.41) is 3.65. The monoisotopic (exact) mass is 461 g/mol. The third kappa shape index (κ3) is 4.38. The molecule has 0 bridgehead atoms. The van der Waals surface area contributed by atoms with E-state index in [-0.39, 0.29) is 5.41 Å². The van der Waals surface area contributed by atoms with Gasteiger partial charge in [0, 0.05) is 11.1 Å². The van der Waals surface area contributed by atoms with Gasteiger partial charge in [-0.2, -0.15) is 0 Å². The van der Waals surface area contributed by atoms with Crippen LogP contribution in [0.1, 0.15) is 57.1 Å². The lowest BCUT2D eigenvalue weighted by molar-refractivity contribution is 0.565. The number of hydrogen-bond donors (Lipinski definition) is 0. The minimum absolute atomic E-state index is 0.0205. The SMILES string of the molecule is Cc1oc2nc(-c3cc(C(C)(C)C)c4ccccc4c3)cc(-c3ccc(CC(C)C)cc3)c2c1C. The number of furan rings is 1. The molecule has 5 aromatic rings. The van der Waals surface area contributed by atoms with E-state index < -0.39 is 0 Å². The molecule has 0 amide bonds. The molecule has 0 saturated heterocycles. The molecule has 2 heteroatoms. The van der Waals surface area contributed by atoms with Gasteiger partial charge in [0.05, 0.1) is 11.1 Å². The van der Waals surface area contributed by atoms with Crippen molar-refractivity contribution in [3.8, 4) is 22.4 Å². The summed E-state index contributed by atoms with van der Waals surface area (Å²) in [6.45, 7) is 15.5. The van der Waals surface area contributed by atoms with Crippen LogP contribution in [-0.2, 0) is 11.8 Å². The van der Waals surface area contributed by atoms with E-state index in [1.54, 1.807) is 0 Å². The van der Waals surface area contributed by atoms with Gasteiger partial charge in [0.25, 0.3) is 0 Å². The number of rotatable bonds is 4. The second-order valence-electron chi connectivity index (χ2n) is 11.3. The molecule has 2 nitrogen and oxygen atoms in total. The fourth-order valence-electron chi connectivity index (χ4n) is 5.10. The van der Waals surface area contributed by atoms with Crippen LogP contribution in [0.4, 0.5) is 0 Å². The fourth-order valence-corrected chi connectivity index (χ4v) is 5.10. The molecule has 0 radical (unpaired) electrons. The Morgan fingerprint density at radius 1 is 0.857 bits per heavy atom. The molecule has 0 fully saturated rings. The van der Waals surface area contributed by atoms with Crippen molar-refractivity contribution in [1.29, 1.82) is 0 Å². The summed E-state index contributed by atoms with van der Waals surface area (Å²) in [6.07, 6.45) is 1.09. The topological polar surface area (TPSA) is 26.0 Å². The molecule has 3 aromatic carbocycles. The van der Waals surface area contributed by atoms with E-state index in [9.17, 15) is 0 Å². The van der Waals surface area contributed by atoms with Crippen LogP contribution >= 0.6 is 0 Å². The van der Waals surface area contributed by atoms with Crippen molar-refractivity contribution >= 4 is 21.9 Å². The van der Waals surface area contributed by atoms with Crippen LogP contribution < -0.4 is 0 Å². The maximum Gasteiger partial charge on any atom is 0.227 e. The van der Waals surface area contributed by atoms with Gasteiger partial charge in [-0.15, -0.1) is 0 Å². The second kappa shape index (κ2) is 8.68. The van der Waals surface area contributed by atoms with Crippen LogP contribution in [0.5, 0.6) is 0 Å². The molecule has 2 heterocycles. The molecule has 0 N–H and O–H groups in total. The van der Waals surface area contributed by atoms with Gasteiger partial charge in [-0.05, 0) is 82.8 Å². The van der Waals surface area contributed by atoms with Gasteiger partial charge >= 0.3 is 0 Å². The third-order valence-electron chi connectivity index (χ3n) is 7.01. The van der Waals surface area contributed by atoms with Gasteiger partial charge in [0.2, 0.25) is 5.71 Å². The average Bonchev–Trinajstić information content (AvgIpc) is 3.10. The van der Waals surface area contributed by atoms with Gasteiger partial charge in [-0.1, -0.05) is 83.1 Å². The zero-order valence-electron chi connectivity index (χ0n) is 22.0. The van der Waals surface area contributed by atoms with E-state index in [1.807, 2.05) is 6.92 Å². The average molecular weight is 462 g/mol. The van der Waals surface area contributed by atoms with Crippen molar-refractivity contribution in [2.75, 3.05) is 0 Å². The normalized spacial score (nSPS) is 12.2. The first kappa shape index (κ1) is 23.4. The molecule has 0 atom stereocenters. The Hall–Kier alpha value is -3.39. The number of aromatic nitrogens is 1. The Balaban J connectivity index is 1.74. The number of nitrogens with zero attached hydrogens (tertiary/aromatic N) is 1. The highest BCUT2D eigenvalue weighted by atomic mass is 16.3. The standard InChI is InChI=1S/C33H35NO/c1-20(2)16-23-12-14-24(15-13-23)28-19-30(34-32-31(28)21(3)22(4)35-32)26-17-25-10-8-9-11-27(25)29(18-26)33(5,6)7/h8-15,17-20H,16H2,1-7H3. The number of benzene rings is 3. The van der Waals surface area contributed by atoms with Crippen LogP contribution in [0.15, 0.2) is 71.1 Å². The lowest BCUT2D eigenvalue weighted by Gasteiger charge is -2.23. The fraction of sp³-hybridized carbons (Fsp3) is 0.303. The minimum atomic E-state index is 0.0205. The first-order valence-corrected chi connectivity index (χ1v) is 12.7. The van der Waals surface area contributed by atoms with Crippen molar-refractivity contribution in [3.63, 3.8) is 0 Å². The molecule has 2 aromatic heterocycles. The smallest absolute Gasteiger partial charge is 0.227 e. The predicted octanol–water partition coefficient (Wildman–Crippen LogP) is 9.43. The van der Waals surface area contributed by atoms with Crippen molar-refractivity contribution in [1.82, 2.24) is 4.98 Å². The molecule has 35 heavy (non-hydrogen) atoms. The second-order valence-corrected chi connectivity index (χ2v) is 11.3. The zero-order chi connectivity index (χ0) is 24.9. The minimum Gasteiger partial charge on any atom is -0.443 e. The predicted molar refractivity (Wildman–Crippen MR) is 149 cm³/mol. The van der Waals surface area contributed by atoms with Crippen molar-refractivity contribution in [3.05, 3.63) is 89.2 Å². The molecule has 5 rings (SSSR count). The highest BCUT2D eigenvalue weighted by Gasteiger charge is 2.21. The van der Waals surface area contributed by atoms with Crippen LogP contribution in [0.25, 0.3) is 44.3 Å². The molecule has 0 aliphatic heterocycles. The summed E-state index contributed by atoms with van der Waals surface area (Å²) in [5.74, 6) is 1.57. The molecule has 0 aliphatic rings. The Labute approximate surface area is 209 Å². The molecule has 178 valence electrons. The number of pyridine rings is 1. The molecule has 0 aliphatic carbocycles. The summed E-state index contributed by atoms with van der Waals surface area (Å²) in [6, 6.07) is 24.5. The highest BCUT2D eigenvalue weighted by molar-refractivity contribution is 5.98. The largest absolute Gasteiger partial charge is 0.443 e. The maximum atomic E-state index is 6.17. The summed E-state index contributed by atoms with van der Waals surface area (Å²) in [7, 11) is 0. The summed E-state index contributed by atoms with van der Waals surface area (Å²) < 4.78 is 6.17. The zero-order valence-corrected chi connectivity index (χ0v) is 22.0. The molecule has 0 spiro atoms. The van der Waals surface area contributed by atoms with Crippen molar-refractivity contribution in [2.45, 2.75) is 60.3 Å². The Bertz CT molecular complexity index is 1530. The summed E-state index contributed by atoms with van der Waals surface area (Å²) >= 11 is 0. The number of fused-ring (bicyclic) bond motifs is 2. The van der Waals surface area contributed by atoms with Gasteiger partial charge < -0.3 is 4.42 Å². The Morgan fingerprint density at radius 3 is 2.26 bits per heavy atom. The van der Waals surface area contributed by atoms with E-state index in [4.69, 9.17) is 9.40 Å². The lowest BCUT2D eigenvalue weighted by Crippen LogP contribution is -2.12. The van der Waals surface area contributed by atoms with Crippen molar-refractivity contribution < 1.29 is 4.42 Å². The number of hydrogen-bond acceptors (Lipinski definition) is 2. The first-order chi connectivity index (χ1) is 16.6. The van der Waals surface area contributed by atoms with E-state index in [0.29, 0.717) is 11.6 Å². The van der Waals surface area contributed by atoms with Crippen molar-refractivity contribution in [2.24, 2.45) is 5.92 Å². The molecule has 0 unspecified atom stereocenters. The summed E-state index contributed by atoms with van der Waals surface area (Å²) in [5.41, 5.74) is 9.06. The van der Waals surface area contributed by atoms with Gasteiger partial charge in [-0.3, -0.25) is 0 Å². The first-order valence-electron chi connectivity index (χ1n) is 12.7. The van der Waals surface area contributed by atoms with Crippen LogP contribution in [0.2, 0.25) is 0 Å². The van der Waals surface area contributed by atoms with E-state index in [0.717, 1.165) is 34.4 Å². The quantitative estimate of drug-likeness (QED) is 0.266. The van der Waals surface area contributed by atoms with Crippen LogP contribution in [-0.4, -0.2) is 4.98 Å². The van der Waals surface area contributed by atoms with Gasteiger partial charge in [0.15, 0.2) is 0 Å². The maximum absolute atomic E-state index is 6.17. The number of aryl methyl sites for hydroxylation is 2. The van der Waals surface area contributed by atoms with E-state index in [2.05, 4.69) is 108 Å². The molecule has 0 saturated carbocycles. The molecular weight excluding hydrogens is 426 g/mol. The Kier molecular flexibility index (Phi) is 5.79. The van der Waals surface area contributed by atoms with Crippen LogP contribution in [0, 0.1) is 19.8 Å². The third-order valence-corrected chi connectivity index (χ3v) is 7.01. The van der Waals surface area contributed by atoms with Gasteiger partial charge in [0.1, 0.15) is 5.76 Å². The lowest BCUT2D eigenvalue weighted by atomic mass is 9.82. The highest BCUT2D eigenvalue weighted by Crippen LogP contribution is 2.39. The Morgan fingerprint density at radius 2 is 1.57 bits per heavy atom. The van der Waals surface area contributed by atoms with E-state index in [1.165, 1.54) is 33.0 Å². The van der Waals surface area contributed by atoms with Gasteiger partial charge in [-0.25, -0.2) is 4.98 Å². The summed E-state index contributed by atoms with van der Waals surface area (Å²) in [4.78, 5) is 5.03. The van der Waals surface area contributed by atoms with E-state index >= 15 is 0 Å². The molecular formula is C33H35NO.